The van der Waals surface area contributed by atoms with Crippen molar-refractivity contribution in [2.24, 2.45) is 0 Å². The predicted octanol–water partition coefficient (Wildman–Crippen LogP) is 3.20. The molecule has 2 aromatic rings. The van der Waals surface area contributed by atoms with Gasteiger partial charge in [-0.25, -0.2) is 0 Å². The Balaban J connectivity index is 1.74. The lowest BCUT2D eigenvalue weighted by molar-refractivity contribution is 0.198. The molecule has 100 valence electrons. The summed E-state index contributed by atoms with van der Waals surface area (Å²) in [6.45, 7) is 2.73. The summed E-state index contributed by atoms with van der Waals surface area (Å²) in [6.07, 6.45) is -0.449. The van der Waals surface area contributed by atoms with Crippen LogP contribution >= 0.6 is 0 Å². The molecule has 0 aliphatic rings. The van der Waals surface area contributed by atoms with E-state index in [1.807, 2.05) is 54.6 Å². The number of rotatable bonds is 6. The van der Waals surface area contributed by atoms with E-state index in [1.165, 1.54) is 0 Å². The van der Waals surface area contributed by atoms with Crippen molar-refractivity contribution in [3.63, 3.8) is 0 Å². The van der Waals surface area contributed by atoms with Crippen LogP contribution < -0.4 is 9.47 Å². The molecule has 0 saturated heterocycles. The SMILES string of the molecule is C[C@H](O)c1ccc(OCCOc2ccccc2)cc1. The summed E-state index contributed by atoms with van der Waals surface area (Å²) in [4.78, 5) is 0. The van der Waals surface area contributed by atoms with E-state index < -0.39 is 6.10 Å². The fourth-order valence-electron chi connectivity index (χ4n) is 1.68. The highest BCUT2D eigenvalue weighted by Crippen LogP contribution is 2.17. The van der Waals surface area contributed by atoms with Gasteiger partial charge < -0.3 is 14.6 Å². The molecule has 0 radical (unpaired) electrons. The highest BCUT2D eigenvalue weighted by atomic mass is 16.5. The first-order valence-corrected chi connectivity index (χ1v) is 6.34. The van der Waals surface area contributed by atoms with Gasteiger partial charge in [0.2, 0.25) is 0 Å². The Bertz CT molecular complexity index is 477. The zero-order valence-corrected chi connectivity index (χ0v) is 11.0. The third-order valence-corrected chi connectivity index (χ3v) is 2.73. The molecular weight excluding hydrogens is 240 g/mol. The van der Waals surface area contributed by atoms with Crippen LogP contribution in [-0.4, -0.2) is 18.3 Å². The van der Waals surface area contributed by atoms with Gasteiger partial charge >= 0.3 is 0 Å². The van der Waals surface area contributed by atoms with Gasteiger partial charge in [-0.3, -0.25) is 0 Å². The topological polar surface area (TPSA) is 38.7 Å². The summed E-state index contributed by atoms with van der Waals surface area (Å²) < 4.78 is 11.1. The molecular formula is C16H18O3. The molecule has 2 aromatic carbocycles. The van der Waals surface area contributed by atoms with E-state index in [2.05, 4.69) is 0 Å². The van der Waals surface area contributed by atoms with Gasteiger partial charge in [0.05, 0.1) is 6.10 Å². The Kier molecular flexibility index (Phi) is 4.81. The average molecular weight is 258 g/mol. The fourth-order valence-corrected chi connectivity index (χ4v) is 1.68. The van der Waals surface area contributed by atoms with E-state index in [4.69, 9.17) is 9.47 Å². The molecule has 0 aliphatic carbocycles. The molecule has 19 heavy (non-hydrogen) atoms. The minimum Gasteiger partial charge on any atom is -0.490 e. The van der Waals surface area contributed by atoms with Gasteiger partial charge in [-0.1, -0.05) is 30.3 Å². The molecule has 1 N–H and O–H groups in total. The molecule has 1 atom stereocenters. The van der Waals surface area contributed by atoms with Gasteiger partial charge in [-0.05, 0) is 36.8 Å². The van der Waals surface area contributed by atoms with Crippen LogP contribution in [0.2, 0.25) is 0 Å². The number of para-hydroxylation sites is 1. The fraction of sp³-hybridized carbons (Fsp3) is 0.250. The van der Waals surface area contributed by atoms with Crippen LogP contribution in [0.1, 0.15) is 18.6 Å². The van der Waals surface area contributed by atoms with Crippen LogP contribution in [0.5, 0.6) is 11.5 Å². The highest BCUT2D eigenvalue weighted by Gasteiger charge is 2.00. The van der Waals surface area contributed by atoms with Crippen LogP contribution in [0.3, 0.4) is 0 Å². The zero-order valence-electron chi connectivity index (χ0n) is 11.0. The number of hydrogen-bond acceptors (Lipinski definition) is 3. The van der Waals surface area contributed by atoms with E-state index >= 15 is 0 Å². The second-order valence-corrected chi connectivity index (χ2v) is 4.25. The molecule has 0 spiro atoms. The van der Waals surface area contributed by atoms with Crippen molar-refractivity contribution in [2.75, 3.05) is 13.2 Å². The van der Waals surface area contributed by atoms with Crippen molar-refractivity contribution in [1.29, 1.82) is 0 Å². The Morgan fingerprint density at radius 2 is 1.37 bits per heavy atom. The predicted molar refractivity (Wildman–Crippen MR) is 74.5 cm³/mol. The Hall–Kier alpha value is -2.00. The van der Waals surface area contributed by atoms with Gasteiger partial charge in [0.1, 0.15) is 24.7 Å². The number of aliphatic hydroxyl groups is 1. The third kappa shape index (κ3) is 4.30. The van der Waals surface area contributed by atoms with Crippen molar-refractivity contribution in [3.05, 3.63) is 60.2 Å². The van der Waals surface area contributed by atoms with Crippen LogP contribution in [0.15, 0.2) is 54.6 Å². The summed E-state index contributed by atoms with van der Waals surface area (Å²) in [5, 5.41) is 9.39. The maximum atomic E-state index is 9.39. The smallest absolute Gasteiger partial charge is 0.122 e. The van der Waals surface area contributed by atoms with E-state index in [0.29, 0.717) is 13.2 Å². The number of aliphatic hydroxyl groups excluding tert-OH is 1. The second-order valence-electron chi connectivity index (χ2n) is 4.25. The highest BCUT2D eigenvalue weighted by molar-refractivity contribution is 5.28. The van der Waals surface area contributed by atoms with Crippen LogP contribution in [-0.2, 0) is 0 Å². The van der Waals surface area contributed by atoms with Crippen molar-refractivity contribution < 1.29 is 14.6 Å². The normalized spacial score (nSPS) is 11.9. The standard InChI is InChI=1S/C16H18O3/c1-13(17)14-7-9-16(10-8-14)19-12-11-18-15-5-3-2-4-6-15/h2-10,13,17H,11-12H2,1H3/t13-/m0/s1. The maximum Gasteiger partial charge on any atom is 0.122 e. The van der Waals surface area contributed by atoms with Crippen molar-refractivity contribution in [2.45, 2.75) is 13.0 Å². The zero-order chi connectivity index (χ0) is 13.5. The molecule has 2 rings (SSSR count). The summed E-state index contributed by atoms with van der Waals surface area (Å²) in [5.41, 5.74) is 0.882. The summed E-state index contributed by atoms with van der Waals surface area (Å²) in [6, 6.07) is 17.1. The summed E-state index contributed by atoms with van der Waals surface area (Å²) >= 11 is 0. The van der Waals surface area contributed by atoms with Crippen molar-refractivity contribution >= 4 is 0 Å². The van der Waals surface area contributed by atoms with Crippen molar-refractivity contribution in [3.8, 4) is 11.5 Å². The van der Waals surface area contributed by atoms with Gasteiger partial charge in [0, 0.05) is 0 Å². The van der Waals surface area contributed by atoms with Crippen LogP contribution in [0.25, 0.3) is 0 Å². The number of benzene rings is 2. The Morgan fingerprint density at radius 1 is 0.842 bits per heavy atom. The maximum absolute atomic E-state index is 9.39. The molecule has 0 heterocycles. The minimum atomic E-state index is -0.449. The minimum absolute atomic E-state index is 0.449. The van der Waals surface area contributed by atoms with E-state index in [0.717, 1.165) is 17.1 Å². The van der Waals surface area contributed by atoms with Crippen LogP contribution in [0.4, 0.5) is 0 Å². The Morgan fingerprint density at radius 3 is 1.89 bits per heavy atom. The summed E-state index contributed by atoms with van der Waals surface area (Å²) in [7, 11) is 0. The van der Waals surface area contributed by atoms with E-state index in [9.17, 15) is 5.11 Å². The quantitative estimate of drug-likeness (QED) is 0.809. The first kappa shape index (κ1) is 13.4. The lowest BCUT2D eigenvalue weighted by atomic mass is 10.1. The van der Waals surface area contributed by atoms with Crippen LogP contribution in [0, 0.1) is 0 Å². The molecule has 3 nitrogen and oxygen atoms in total. The van der Waals surface area contributed by atoms with Gasteiger partial charge in [0.15, 0.2) is 0 Å². The largest absolute Gasteiger partial charge is 0.490 e. The molecule has 3 heteroatoms. The molecule has 0 unspecified atom stereocenters. The van der Waals surface area contributed by atoms with Gasteiger partial charge in [-0.2, -0.15) is 0 Å². The molecule has 0 aliphatic heterocycles. The van der Waals surface area contributed by atoms with Crippen molar-refractivity contribution in [1.82, 2.24) is 0 Å². The summed E-state index contributed by atoms with van der Waals surface area (Å²) in [5.74, 6) is 1.62. The number of hydrogen-bond donors (Lipinski definition) is 1. The first-order valence-electron chi connectivity index (χ1n) is 6.34. The lowest BCUT2D eigenvalue weighted by Gasteiger charge is -2.09. The second kappa shape index (κ2) is 6.81. The van der Waals surface area contributed by atoms with Gasteiger partial charge in [-0.15, -0.1) is 0 Å². The van der Waals surface area contributed by atoms with E-state index in [1.54, 1.807) is 6.92 Å². The monoisotopic (exact) mass is 258 g/mol. The molecule has 0 saturated carbocycles. The van der Waals surface area contributed by atoms with Gasteiger partial charge in [0.25, 0.3) is 0 Å². The average Bonchev–Trinajstić information content (AvgIpc) is 2.45. The lowest BCUT2D eigenvalue weighted by Crippen LogP contribution is -2.08. The molecule has 0 aromatic heterocycles. The van der Waals surface area contributed by atoms with E-state index in [-0.39, 0.29) is 0 Å². The number of ether oxygens (including phenoxy) is 2. The first-order chi connectivity index (χ1) is 9.25. The molecule has 0 amide bonds. The third-order valence-electron chi connectivity index (χ3n) is 2.73. The molecule has 0 bridgehead atoms. The molecule has 0 fully saturated rings. The Labute approximate surface area is 113 Å².